The Bertz CT molecular complexity index is 939. The van der Waals surface area contributed by atoms with Gasteiger partial charge in [-0.25, -0.2) is 4.57 Å². The summed E-state index contributed by atoms with van der Waals surface area (Å²) in [7, 11) is -4.38. The molecule has 0 amide bonds. The second-order valence-electron chi connectivity index (χ2n) is 13.5. The van der Waals surface area contributed by atoms with E-state index in [1.165, 1.54) is 77.0 Å². The van der Waals surface area contributed by atoms with Gasteiger partial charge in [-0.05, 0) is 44.9 Å². The van der Waals surface area contributed by atoms with E-state index in [0.29, 0.717) is 6.42 Å². The fourth-order valence-corrected chi connectivity index (χ4v) is 6.30. The van der Waals surface area contributed by atoms with Crippen molar-refractivity contribution in [3.63, 3.8) is 0 Å². The zero-order chi connectivity index (χ0) is 37.5. The minimum atomic E-state index is -4.38. The third-order valence-electron chi connectivity index (χ3n) is 8.54. The van der Waals surface area contributed by atoms with Gasteiger partial charge >= 0.3 is 19.8 Å². The molecular formula is C41H76NO8P. The number of rotatable bonds is 38. The lowest BCUT2D eigenvalue weighted by molar-refractivity contribution is -0.161. The number of esters is 2. The maximum absolute atomic E-state index is 12.5. The normalized spacial score (nSPS) is 13.7. The lowest BCUT2D eigenvalue weighted by atomic mass is 10.0. The molecule has 0 aromatic carbocycles. The van der Waals surface area contributed by atoms with Crippen LogP contribution in [0.1, 0.15) is 181 Å². The summed E-state index contributed by atoms with van der Waals surface area (Å²) in [4.78, 5) is 34.8. The Balaban J connectivity index is 4.20. The molecule has 0 rings (SSSR count). The van der Waals surface area contributed by atoms with Crippen LogP contribution in [-0.2, 0) is 32.7 Å². The SMILES string of the molecule is CC/C=C\C/C=C\C/C=C\CCCCCCCC(=O)OC(COC(=O)CCCCCCCCCCCCCCCCC)COP(=O)(O)OCCN. The van der Waals surface area contributed by atoms with Gasteiger partial charge < -0.3 is 20.1 Å². The molecule has 0 saturated carbocycles. The molecule has 0 aromatic rings. The molecule has 0 aliphatic carbocycles. The highest BCUT2D eigenvalue weighted by atomic mass is 31.2. The Morgan fingerprint density at radius 2 is 1.08 bits per heavy atom. The van der Waals surface area contributed by atoms with Gasteiger partial charge in [0.1, 0.15) is 6.61 Å². The van der Waals surface area contributed by atoms with Crippen molar-refractivity contribution in [2.45, 2.75) is 187 Å². The van der Waals surface area contributed by atoms with Gasteiger partial charge in [0.25, 0.3) is 0 Å². The van der Waals surface area contributed by atoms with Gasteiger partial charge in [0, 0.05) is 19.4 Å². The van der Waals surface area contributed by atoms with Crippen LogP contribution in [0.3, 0.4) is 0 Å². The highest BCUT2D eigenvalue weighted by Crippen LogP contribution is 2.43. The molecular weight excluding hydrogens is 665 g/mol. The monoisotopic (exact) mass is 742 g/mol. The van der Waals surface area contributed by atoms with Crippen molar-refractivity contribution in [1.29, 1.82) is 0 Å². The van der Waals surface area contributed by atoms with Crippen molar-refractivity contribution < 1.29 is 37.6 Å². The molecule has 2 unspecified atom stereocenters. The van der Waals surface area contributed by atoms with Crippen molar-refractivity contribution in [2.75, 3.05) is 26.4 Å². The second-order valence-corrected chi connectivity index (χ2v) is 14.9. The number of carbonyl (C=O) groups is 2. The number of unbranched alkanes of at least 4 members (excludes halogenated alkanes) is 19. The molecule has 0 aliphatic rings. The number of phosphoric acid groups is 1. The van der Waals surface area contributed by atoms with Crippen molar-refractivity contribution in [2.24, 2.45) is 5.73 Å². The molecule has 0 bridgehead atoms. The van der Waals surface area contributed by atoms with E-state index in [9.17, 15) is 19.0 Å². The van der Waals surface area contributed by atoms with E-state index in [-0.39, 0.29) is 38.6 Å². The van der Waals surface area contributed by atoms with E-state index in [4.69, 9.17) is 24.3 Å². The smallest absolute Gasteiger partial charge is 0.462 e. The van der Waals surface area contributed by atoms with Crippen LogP contribution < -0.4 is 5.73 Å². The van der Waals surface area contributed by atoms with Crippen LogP contribution in [0.15, 0.2) is 36.5 Å². The van der Waals surface area contributed by atoms with Gasteiger partial charge in [0.05, 0.1) is 13.2 Å². The third-order valence-corrected chi connectivity index (χ3v) is 9.52. The van der Waals surface area contributed by atoms with E-state index in [2.05, 4.69) is 50.3 Å². The minimum Gasteiger partial charge on any atom is -0.462 e. The number of allylic oxidation sites excluding steroid dienone is 6. The molecule has 0 heterocycles. The fraction of sp³-hybridized carbons (Fsp3) is 0.805. The van der Waals surface area contributed by atoms with Crippen molar-refractivity contribution >= 4 is 19.8 Å². The summed E-state index contributed by atoms with van der Waals surface area (Å²) in [6, 6.07) is 0. The Morgan fingerprint density at radius 3 is 1.61 bits per heavy atom. The number of hydrogen-bond acceptors (Lipinski definition) is 8. The molecule has 3 N–H and O–H groups in total. The van der Waals surface area contributed by atoms with Crippen LogP contribution in [0.25, 0.3) is 0 Å². The highest BCUT2D eigenvalue weighted by molar-refractivity contribution is 7.47. The van der Waals surface area contributed by atoms with Gasteiger partial charge in [0.2, 0.25) is 0 Å². The summed E-state index contributed by atoms with van der Waals surface area (Å²) >= 11 is 0. The van der Waals surface area contributed by atoms with E-state index in [1.54, 1.807) is 0 Å². The first kappa shape index (κ1) is 49.2. The van der Waals surface area contributed by atoms with E-state index >= 15 is 0 Å². The molecule has 0 spiro atoms. The molecule has 298 valence electrons. The van der Waals surface area contributed by atoms with Crippen LogP contribution >= 0.6 is 7.82 Å². The number of nitrogens with two attached hydrogens (primary N) is 1. The number of hydrogen-bond donors (Lipinski definition) is 2. The second kappa shape index (κ2) is 38.0. The van der Waals surface area contributed by atoms with Crippen molar-refractivity contribution in [1.82, 2.24) is 0 Å². The summed E-state index contributed by atoms with van der Waals surface area (Å²) in [5.41, 5.74) is 5.34. The maximum atomic E-state index is 12.5. The quantitative estimate of drug-likeness (QED) is 0.0274. The molecule has 0 radical (unpaired) electrons. The highest BCUT2D eigenvalue weighted by Gasteiger charge is 2.26. The van der Waals surface area contributed by atoms with Gasteiger partial charge in [-0.15, -0.1) is 0 Å². The van der Waals surface area contributed by atoms with Gasteiger partial charge in [-0.1, -0.05) is 159 Å². The standard InChI is InChI=1S/C41H76NO8P/c1-3-5-7-9-11-13-15-17-19-21-23-25-27-29-31-33-40(43)47-37-39(38-49-51(45,46)48-36-35-42)50-41(44)34-32-30-28-26-24-22-20-18-16-14-12-10-8-6-4-2/h6,8,12,14,18,20,39H,3-5,7,9-11,13,15-17,19,21-38,42H2,1-2H3,(H,45,46)/b8-6-,14-12-,20-18-. The van der Waals surface area contributed by atoms with Crippen molar-refractivity contribution in [3.8, 4) is 0 Å². The fourth-order valence-electron chi connectivity index (χ4n) is 5.53. The summed E-state index contributed by atoms with van der Waals surface area (Å²) in [6.07, 6.45) is 40.3. The van der Waals surface area contributed by atoms with Crippen LogP contribution in [0.2, 0.25) is 0 Å². The largest absolute Gasteiger partial charge is 0.472 e. The summed E-state index contributed by atoms with van der Waals surface area (Å²) < 4.78 is 32.7. The average molecular weight is 742 g/mol. The lowest BCUT2D eigenvalue weighted by Crippen LogP contribution is -2.29. The Labute approximate surface area is 312 Å². The van der Waals surface area contributed by atoms with Gasteiger partial charge in [0.15, 0.2) is 6.10 Å². The molecule has 10 heteroatoms. The minimum absolute atomic E-state index is 0.0506. The van der Waals surface area contributed by atoms with Crippen molar-refractivity contribution in [3.05, 3.63) is 36.5 Å². The van der Waals surface area contributed by atoms with Crippen LogP contribution in [0.5, 0.6) is 0 Å². The summed E-state index contributed by atoms with van der Waals surface area (Å²) in [5, 5.41) is 0. The molecule has 2 atom stereocenters. The van der Waals surface area contributed by atoms with E-state index in [0.717, 1.165) is 70.6 Å². The zero-order valence-electron chi connectivity index (χ0n) is 32.6. The predicted octanol–water partition coefficient (Wildman–Crippen LogP) is 11.4. The zero-order valence-corrected chi connectivity index (χ0v) is 33.5. The Kier molecular flexibility index (Phi) is 36.7. The van der Waals surface area contributed by atoms with Gasteiger partial charge in [-0.3, -0.25) is 18.6 Å². The average Bonchev–Trinajstić information content (AvgIpc) is 3.11. The first-order valence-corrected chi connectivity index (χ1v) is 22.0. The summed E-state index contributed by atoms with van der Waals surface area (Å²) in [5.74, 6) is -0.845. The van der Waals surface area contributed by atoms with Crippen LogP contribution in [-0.4, -0.2) is 49.3 Å². The van der Waals surface area contributed by atoms with E-state index in [1.807, 2.05) is 0 Å². The first-order valence-electron chi connectivity index (χ1n) is 20.5. The molecule has 9 nitrogen and oxygen atoms in total. The summed E-state index contributed by atoms with van der Waals surface area (Å²) in [6.45, 7) is 3.60. The van der Waals surface area contributed by atoms with Gasteiger partial charge in [-0.2, -0.15) is 0 Å². The van der Waals surface area contributed by atoms with Crippen LogP contribution in [0, 0.1) is 0 Å². The van der Waals surface area contributed by atoms with Crippen LogP contribution in [0.4, 0.5) is 0 Å². The lowest BCUT2D eigenvalue weighted by Gasteiger charge is -2.19. The molecule has 0 saturated heterocycles. The number of phosphoric ester groups is 1. The Morgan fingerprint density at radius 1 is 0.608 bits per heavy atom. The first-order chi connectivity index (χ1) is 24.8. The van der Waals surface area contributed by atoms with E-state index < -0.39 is 26.5 Å². The maximum Gasteiger partial charge on any atom is 0.472 e. The Hall–Kier alpha value is -1.77. The topological polar surface area (TPSA) is 134 Å². The molecule has 0 fully saturated rings. The predicted molar refractivity (Wildman–Crippen MR) is 210 cm³/mol. The number of ether oxygens (including phenoxy) is 2. The molecule has 0 aromatic heterocycles. The number of carbonyl (C=O) groups excluding carboxylic acids is 2. The molecule has 51 heavy (non-hydrogen) atoms. The molecule has 0 aliphatic heterocycles. The third kappa shape index (κ3) is 37.8.